The SMILES string of the molecule is CCCCS(=Nc1cccnc1)C(=O)SCc1ccc(C(C)(C)C)cc1. The van der Waals surface area contributed by atoms with Crippen LogP contribution in [0.15, 0.2) is 53.2 Å². The molecule has 0 fully saturated rings. The quantitative estimate of drug-likeness (QED) is 0.555. The Bertz CT molecular complexity index is 735. The number of benzene rings is 1. The van der Waals surface area contributed by atoms with Gasteiger partial charge in [-0.3, -0.25) is 9.78 Å². The molecule has 1 atom stereocenters. The third-order valence-electron chi connectivity index (χ3n) is 3.92. The molecule has 0 aliphatic rings. The molecule has 0 saturated carbocycles. The fourth-order valence-corrected chi connectivity index (χ4v) is 5.11. The van der Waals surface area contributed by atoms with Crippen LogP contribution in [0.3, 0.4) is 0 Å². The molecule has 1 aromatic heterocycles. The van der Waals surface area contributed by atoms with E-state index in [1.54, 1.807) is 12.4 Å². The molecule has 0 N–H and O–H groups in total. The molecule has 140 valence electrons. The molecule has 0 aliphatic heterocycles. The highest BCUT2D eigenvalue weighted by Crippen LogP contribution is 2.25. The average Bonchev–Trinajstić information content (AvgIpc) is 2.63. The number of carbonyl (C=O) groups excluding carboxylic acids is 1. The van der Waals surface area contributed by atoms with E-state index in [0.29, 0.717) is 5.75 Å². The lowest BCUT2D eigenvalue weighted by Gasteiger charge is -2.19. The number of hydrogen-bond acceptors (Lipinski definition) is 4. The Morgan fingerprint density at radius 3 is 2.50 bits per heavy atom. The first kappa shape index (κ1) is 20.8. The Morgan fingerprint density at radius 1 is 1.19 bits per heavy atom. The first-order valence-corrected chi connectivity index (χ1v) is 11.3. The zero-order chi connectivity index (χ0) is 19.0. The Balaban J connectivity index is 2.04. The standard InChI is InChI=1S/C21H28N2OS2/c1-5-6-14-26(23-19-8-7-13-22-15-19)20(24)25-16-17-9-11-18(12-10-17)21(2,3)4/h7-13,15H,5-6,14,16H2,1-4H3. The molecule has 0 saturated heterocycles. The molecule has 3 nitrogen and oxygen atoms in total. The third-order valence-corrected chi connectivity index (χ3v) is 7.06. The Kier molecular flexibility index (Phi) is 8.04. The van der Waals surface area contributed by atoms with Crippen LogP contribution in [0.4, 0.5) is 10.5 Å². The monoisotopic (exact) mass is 388 g/mol. The molecule has 26 heavy (non-hydrogen) atoms. The maximum atomic E-state index is 12.7. The molecule has 0 spiro atoms. The fourth-order valence-electron chi connectivity index (χ4n) is 2.29. The van der Waals surface area contributed by atoms with Crippen LogP contribution >= 0.6 is 11.8 Å². The summed E-state index contributed by atoms with van der Waals surface area (Å²) >= 11 is 1.38. The molecule has 0 aliphatic carbocycles. The van der Waals surface area contributed by atoms with Gasteiger partial charge in [-0.05, 0) is 45.8 Å². The number of rotatable bonds is 6. The van der Waals surface area contributed by atoms with Crippen molar-refractivity contribution in [3.8, 4) is 0 Å². The lowest BCUT2D eigenvalue weighted by atomic mass is 9.87. The van der Waals surface area contributed by atoms with E-state index in [2.05, 4.69) is 61.3 Å². The first-order valence-electron chi connectivity index (χ1n) is 8.99. The highest BCUT2D eigenvalue weighted by atomic mass is 32.2. The average molecular weight is 389 g/mol. The van der Waals surface area contributed by atoms with E-state index >= 15 is 0 Å². The van der Waals surface area contributed by atoms with Crippen molar-refractivity contribution in [1.29, 1.82) is 0 Å². The van der Waals surface area contributed by atoms with Crippen LogP contribution < -0.4 is 0 Å². The number of pyridine rings is 1. The molecule has 2 aromatic rings. The number of unbranched alkanes of at least 4 members (excludes halogenated alkanes) is 1. The summed E-state index contributed by atoms with van der Waals surface area (Å²) in [6.07, 6.45) is 5.52. The molecule has 2 rings (SSSR count). The molecule has 1 heterocycles. The molecule has 1 unspecified atom stereocenters. The number of hydrogen-bond donors (Lipinski definition) is 0. The lowest BCUT2D eigenvalue weighted by molar-refractivity contribution is 0.276. The van der Waals surface area contributed by atoms with Gasteiger partial charge in [0.15, 0.2) is 0 Å². The molecule has 0 bridgehead atoms. The van der Waals surface area contributed by atoms with E-state index < -0.39 is 10.7 Å². The second kappa shape index (κ2) is 10.0. The van der Waals surface area contributed by atoms with E-state index in [9.17, 15) is 4.79 Å². The fraction of sp³-hybridized carbons (Fsp3) is 0.429. The van der Waals surface area contributed by atoms with Crippen LogP contribution in [0.1, 0.15) is 51.7 Å². The minimum Gasteiger partial charge on any atom is -0.273 e. The van der Waals surface area contributed by atoms with E-state index in [4.69, 9.17) is 0 Å². The van der Waals surface area contributed by atoms with Gasteiger partial charge in [-0.25, -0.2) is 4.36 Å². The maximum Gasteiger partial charge on any atom is 0.257 e. The van der Waals surface area contributed by atoms with Crippen molar-refractivity contribution < 1.29 is 4.79 Å². The largest absolute Gasteiger partial charge is 0.273 e. The van der Waals surface area contributed by atoms with E-state index in [-0.39, 0.29) is 9.86 Å². The van der Waals surface area contributed by atoms with Gasteiger partial charge in [0.1, 0.15) is 0 Å². The van der Waals surface area contributed by atoms with Crippen LogP contribution in [0.2, 0.25) is 0 Å². The predicted octanol–water partition coefficient (Wildman–Crippen LogP) is 6.67. The lowest BCUT2D eigenvalue weighted by Crippen LogP contribution is -2.10. The molecular weight excluding hydrogens is 360 g/mol. The minimum absolute atomic E-state index is 0.150. The van der Waals surface area contributed by atoms with Gasteiger partial charge in [0.25, 0.3) is 4.45 Å². The zero-order valence-electron chi connectivity index (χ0n) is 16.1. The van der Waals surface area contributed by atoms with Crippen LogP contribution in [0.5, 0.6) is 0 Å². The van der Waals surface area contributed by atoms with Gasteiger partial charge in [-0.1, -0.05) is 70.1 Å². The number of carbonyl (C=O) groups is 1. The summed E-state index contributed by atoms with van der Waals surface area (Å²) in [4.78, 5) is 16.8. The normalized spacial score (nSPS) is 12.9. The third kappa shape index (κ3) is 6.69. The van der Waals surface area contributed by atoms with Crippen molar-refractivity contribution in [1.82, 2.24) is 4.98 Å². The molecule has 5 heteroatoms. The minimum atomic E-state index is -0.603. The van der Waals surface area contributed by atoms with Gasteiger partial charge in [0, 0.05) is 17.7 Å². The van der Waals surface area contributed by atoms with Crippen molar-refractivity contribution in [2.75, 3.05) is 5.75 Å². The van der Waals surface area contributed by atoms with Gasteiger partial charge in [0.05, 0.1) is 11.9 Å². The Morgan fingerprint density at radius 2 is 1.92 bits per heavy atom. The van der Waals surface area contributed by atoms with Crippen LogP contribution in [-0.4, -0.2) is 15.2 Å². The van der Waals surface area contributed by atoms with E-state index in [0.717, 1.165) is 24.3 Å². The van der Waals surface area contributed by atoms with Crippen molar-refractivity contribution in [3.05, 3.63) is 59.9 Å². The molecule has 1 aromatic carbocycles. The van der Waals surface area contributed by atoms with Crippen molar-refractivity contribution in [3.63, 3.8) is 0 Å². The van der Waals surface area contributed by atoms with Crippen LogP contribution in [0.25, 0.3) is 0 Å². The second-order valence-electron chi connectivity index (χ2n) is 7.21. The molecule has 0 radical (unpaired) electrons. The summed E-state index contributed by atoms with van der Waals surface area (Å²) in [6.45, 7) is 8.76. The van der Waals surface area contributed by atoms with Gasteiger partial charge in [0.2, 0.25) is 0 Å². The smallest absolute Gasteiger partial charge is 0.257 e. The summed E-state index contributed by atoms with van der Waals surface area (Å²) in [5, 5.41) is 0. The van der Waals surface area contributed by atoms with Gasteiger partial charge in [-0.2, -0.15) is 0 Å². The highest BCUT2D eigenvalue weighted by molar-refractivity contribution is 8.33. The number of nitrogens with zero attached hydrogens (tertiary/aromatic N) is 2. The van der Waals surface area contributed by atoms with Gasteiger partial charge in [-0.15, -0.1) is 0 Å². The topological polar surface area (TPSA) is 42.3 Å². The molecular formula is C21H28N2OS2. The summed E-state index contributed by atoms with van der Waals surface area (Å²) in [5.41, 5.74) is 3.43. The number of thioether (sulfide) groups is 1. The van der Waals surface area contributed by atoms with E-state index in [1.165, 1.54) is 22.9 Å². The highest BCUT2D eigenvalue weighted by Gasteiger charge is 2.14. The first-order chi connectivity index (χ1) is 12.4. The van der Waals surface area contributed by atoms with Gasteiger partial charge >= 0.3 is 0 Å². The van der Waals surface area contributed by atoms with Crippen molar-refractivity contribution in [2.24, 2.45) is 4.36 Å². The summed E-state index contributed by atoms with van der Waals surface area (Å²) in [5.74, 6) is 1.52. The summed E-state index contributed by atoms with van der Waals surface area (Å²) in [7, 11) is -0.603. The summed E-state index contributed by atoms with van der Waals surface area (Å²) in [6, 6.07) is 12.3. The maximum absolute atomic E-state index is 12.7. The van der Waals surface area contributed by atoms with Gasteiger partial charge < -0.3 is 0 Å². The Hall–Kier alpha value is -1.46. The van der Waals surface area contributed by atoms with Crippen molar-refractivity contribution >= 4 is 32.6 Å². The second-order valence-corrected chi connectivity index (χ2v) is 10.1. The zero-order valence-corrected chi connectivity index (χ0v) is 17.7. The Labute approximate surface area is 164 Å². The van der Waals surface area contributed by atoms with E-state index in [1.807, 2.05) is 12.1 Å². The summed E-state index contributed by atoms with van der Waals surface area (Å²) < 4.78 is 4.82. The number of aromatic nitrogens is 1. The molecule has 0 amide bonds. The van der Waals surface area contributed by atoms with Crippen LogP contribution in [0, 0.1) is 0 Å². The van der Waals surface area contributed by atoms with Crippen LogP contribution in [-0.2, 0) is 21.9 Å². The predicted molar refractivity (Wildman–Crippen MR) is 115 cm³/mol. The van der Waals surface area contributed by atoms with Crippen molar-refractivity contribution in [2.45, 2.75) is 51.7 Å².